The summed E-state index contributed by atoms with van der Waals surface area (Å²) < 4.78 is 10.4. The molecule has 1 N–H and O–H groups in total. The molecule has 2 heterocycles. The largest absolute Gasteiger partial charge is 0.467 e. The highest BCUT2D eigenvalue weighted by Gasteiger charge is 2.27. The lowest BCUT2D eigenvalue weighted by Crippen LogP contribution is -2.46. The molecule has 1 aromatic heterocycles. The number of furan rings is 1. The predicted octanol–water partition coefficient (Wildman–Crippen LogP) is 2.64. The Balaban J connectivity index is 0.00000264. The number of hydrogen-bond donors (Lipinski definition) is 1. The number of ether oxygens (including phenoxy) is 1. The van der Waals surface area contributed by atoms with Crippen LogP contribution in [-0.4, -0.2) is 43.1 Å². The maximum Gasteiger partial charge on any atom is 0.309 e. The van der Waals surface area contributed by atoms with Crippen LogP contribution in [-0.2, 0) is 16.1 Å². The van der Waals surface area contributed by atoms with Crippen LogP contribution >= 0.6 is 24.0 Å². The molecule has 0 aromatic carbocycles. The quantitative estimate of drug-likeness (QED) is 0.334. The lowest BCUT2D eigenvalue weighted by molar-refractivity contribution is -0.149. The molecule has 0 unspecified atom stereocenters. The standard InChI is InChI=1S/C16H25N3O3.HI/c1-3-17-16(18-12-14-6-5-11-22-14)19-9-7-13(8-10-19)15(20)21-4-2;/h5-6,11,13H,3-4,7-10,12H2,1-2H3,(H,17,18);1H. The van der Waals surface area contributed by atoms with Crippen molar-refractivity contribution >= 4 is 35.9 Å². The van der Waals surface area contributed by atoms with Crippen LogP contribution in [0.4, 0.5) is 0 Å². The number of halogens is 1. The first-order valence-electron chi connectivity index (χ1n) is 7.96. The van der Waals surface area contributed by atoms with Crippen molar-refractivity contribution in [1.29, 1.82) is 0 Å². The third-order valence-electron chi connectivity index (χ3n) is 3.71. The Morgan fingerprint density at radius 2 is 2.17 bits per heavy atom. The average Bonchev–Trinajstić information content (AvgIpc) is 3.05. The molecule has 0 radical (unpaired) electrons. The summed E-state index contributed by atoms with van der Waals surface area (Å²) in [5.74, 6) is 1.67. The third-order valence-corrected chi connectivity index (χ3v) is 3.71. The van der Waals surface area contributed by atoms with Gasteiger partial charge >= 0.3 is 5.97 Å². The van der Waals surface area contributed by atoms with Gasteiger partial charge in [-0.2, -0.15) is 0 Å². The van der Waals surface area contributed by atoms with Gasteiger partial charge in [-0.25, -0.2) is 4.99 Å². The maximum absolute atomic E-state index is 11.8. The lowest BCUT2D eigenvalue weighted by Gasteiger charge is -2.33. The van der Waals surface area contributed by atoms with E-state index in [1.165, 1.54) is 0 Å². The summed E-state index contributed by atoms with van der Waals surface area (Å²) in [4.78, 5) is 18.6. The van der Waals surface area contributed by atoms with E-state index < -0.39 is 0 Å². The molecular formula is C16H26IN3O3. The van der Waals surface area contributed by atoms with Gasteiger partial charge in [-0.15, -0.1) is 24.0 Å². The van der Waals surface area contributed by atoms with Crippen molar-refractivity contribution in [3.8, 4) is 0 Å². The topological polar surface area (TPSA) is 67.1 Å². The van der Waals surface area contributed by atoms with Gasteiger partial charge in [-0.05, 0) is 38.8 Å². The number of rotatable bonds is 5. The number of carbonyl (C=O) groups is 1. The van der Waals surface area contributed by atoms with E-state index in [2.05, 4.69) is 15.2 Å². The number of guanidine groups is 1. The number of piperidine rings is 1. The van der Waals surface area contributed by atoms with Gasteiger partial charge in [0.05, 0.1) is 18.8 Å². The van der Waals surface area contributed by atoms with Crippen molar-refractivity contribution in [2.45, 2.75) is 33.2 Å². The van der Waals surface area contributed by atoms with Gasteiger partial charge in [0.25, 0.3) is 0 Å². The summed E-state index contributed by atoms with van der Waals surface area (Å²) in [6.45, 7) is 7.31. The summed E-state index contributed by atoms with van der Waals surface area (Å²) in [5, 5.41) is 3.30. The van der Waals surface area contributed by atoms with Crippen LogP contribution in [0.15, 0.2) is 27.8 Å². The van der Waals surface area contributed by atoms with Crippen LogP contribution in [0.3, 0.4) is 0 Å². The molecule has 1 aliphatic heterocycles. The van der Waals surface area contributed by atoms with Crippen molar-refractivity contribution in [3.63, 3.8) is 0 Å². The summed E-state index contributed by atoms with van der Waals surface area (Å²) in [6, 6.07) is 3.78. The second-order valence-corrected chi connectivity index (χ2v) is 5.26. The molecule has 2 rings (SSSR count). The fourth-order valence-electron chi connectivity index (χ4n) is 2.57. The maximum atomic E-state index is 11.8. The van der Waals surface area contributed by atoms with E-state index >= 15 is 0 Å². The Morgan fingerprint density at radius 3 is 2.74 bits per heavy atom. The molecule has 0 atom stereocenters. The van der Waals surface area contributed by atoms with E-state index in [-0.39, 0.29) is 35.9 Å². The number of nitrogens with zero attached hydrogens (tertiary/aromatic N) is 2. The highest BCUT2D eigenvalue weighted by Crippen LogP contribution is 2.19. The van der Waals surface area contributed by atoms with E-state index in [4.69, 9.17) is 9.15 Å². The minimum atomic E-state index is -0.0697. The normalized spacial score (nSPS) is 15.9. The van der Waals surface area contributed by atoms with Crippen molar-refractivity contribution in [1.82, 2.24) is 10.2 Å². The number of carbonyl (C=O) groups excluding carboxylic acids is 1. The van der Waals surface area contributed by atoms with Crippen molar-refractivity contribution in [2.24, 2.45) is 10.9 Å². The molecule has 0 bridgehead atoms. The molecule has 6 nitrogen and oxygen atoms in total. The first kappa shape index (κ1) is 19.8. The summed E-state index contributed by atoms with van der Waals surface area (Å²) >= 11 is 0. The molecule has 0 aliphatic carbocycles. The molecule has 130 valence electrons. The molecule has 1 aromatic rings. The fourth-order valence-corrected chi connectivity index (χ4v) is 2.57. The molecule has 0 spiro atoms. The highest BCUT2D eigenvalue weighted by molar-refractivity contribution is 14.0. The van der Waals surface area contributed by atoms with Gasteiger partial charge in [-0.3, -0.25) is 4.79 Å². The van der Waals surface area contributed by atoms with Crippen LogP contribution in [0.25, 0.3) is 0 Å². The van der Waals surface area contributed by atoms with Crippen molar-refractivity contribution in [3.05, 3.63) is 24.2 Å². The molecule has 0 saturated carbocycles. The Morgan fingerprint density at radius 1 is 1.43 bits per heavy atom. The number of hydrogen-bond acceptors (Lipinski definition) is 4. The van der Waals surface area contributed by atoms with Gasteiger partial charge in [0.1, 0.15) is 12.3 Å². The predicted molar refractivity (Wildman–Crippen MR) is 99.9 cm³/mol. The number of esters is 1. The average molecular weight is 435 g/mol. The second kappa shape index (κ2) is 10.5. The minimum absolute atomic E-state index is 0. The SMILES string of the molecule is CCNC(=NCc1ccco1)N1CCC(C(=O)OCC)CC1.I. The first-order valence-corrected chi connectivity index (χ1v) is 7.96. The molecule has 1 aliphatic rings. The van der Waals surface area contributed by atoms with Crippen LogP contribution in [0.1, 0.15) is 32.4 Å². The van der Waals surface area contributed by atoms with E-state index in [0.717, 1.165) is 44.2 Å². The van der Waals surface area contributed by atoms with Gasteiger partial charge < -0.3 is 19.4 Å². The summed E-state index contributed by atoms with van der Waals surface area (Å²) in [6.07, 6.45) is 3.27. The number of aliphatic imine (C=N–C) groups is 1. The Bertz CT molecular complexity index is 483. The van der Waals surface area contributed by atoms with Crippen LogP contribution in [0, 0.1) is 5.92 Å². The van der Waals surface area contributed by atoms with Crippen LogP contribution < -0.4 is 5.32 Å². The molecule has 0 amide bonds. The summed E-state index contributed by atoms with van der Waals surface area (Å²) in [7, 11) is 0. The minimum Gasteiger partial charge on any atom is -0.467 e. The molecule has 1 fully saturated rings. The van der Waals surface area contributed by atoms with Crippen LogP contribution in [0.2, 0.25) is 0 Å². The smallest absolute Gasteiger partial charge is 0.309 e. The summed E-state index contributed by atoms with van der Waals surface area (Å²) in [5.41, 5.74) is 0. The highest BCUT2D eigenvalue weighted by atomic mass is 127. The second-order valence-electron chi connectivity index (χ2n) is 5.26. The van der Waals surface area contributed by atoms with E-state index in [0.29, 0.717) is 13.2 Å². The number of likely N-dealkylation sites (tertiary alicyclic amines) is 1. The molecule has 23 heavy (non-hydrogen) atoms. The zero-order valence-corrected chi connectivity index (χ0v) is 16.1. The molecular weight excluding hydrogens is 409 g/mol. The van der Waals surface area contributed by atoms with Gasteiger partial charge in [0, 0.05) is 19.6 Å². The van der Waals surface area contributed by atoms with E-state index in [9.17, 15) is 4.79 Å². The molecule has 7 heteroatoms. The van der Waals surface area contributed by atoms with Crippen molar-refractivity contribution < 1.29 is 13.9 Å². The zero-order chi connectivity index (χ0) is 15.8. The Hall–Kier alpha value is -1.25. The fraction of sp³-hybridized carbons (Fsp3) is 0.625. The van der Waals surface area contributed by atoms with Crippen LogP contribution in [0.5, 0.6) is 0 Å². The van der Waals surface area contributed by atoms with E-state index in [1.54, 1.807) is 6.26 Å². The first-order chi connectivity index (χ1) is 10.7. The lowest BCUT2D eigenvalue weighted by atomic mass is 9.97. The van der Waals surface area contributed by atoms with Crippen molar-refractivity contribution in [2.75, 3.05) is 26.2 Å². The third kappa shape index (κ3) is 6.04. The van der Waals surface area contributed by atoms with Gasteiger partial charge in [0.15, 0.2) is 5.96 Å². The molecule has 1 saturated heterocycles. The van der Waals surface area contributed by atoms with Gasteiger partial charge in [0.2, 0.25) is 0 Å². The van der Waals surface area contributed by atoms with E-state index in [1.807, 2.05) is 26.0 Å². The zero-order valence-electron chi connectivity index (χ0n) is 13.8. The van der Waals surface area contributed by atoms with Gasteiger partial charge in [-0.1, -0.05) is 0 Å². The number of nitrogens with one attached hydrogen (secondary N) is 1. The monoisotopic (exact) mass is 435 g/mol. The Kier molecular flexibility index (Phi) is 9.05. The Labute approximate surface area is 154 Å².